The highest BCUT2D eigenvalue weighted by Crippen LogP contribution is 2.34. The Labute approximate surface area is 123 Å². The molecule has 1 aliphatic heterocycles. The van der Waals surface area contributed by atoms with Crippen LogP contribution < -0.4 is 4.74 Å². The molecule has 114 valence electrons. The van der Waals surface area contributed by atoms with Gasteiger partial charge in [0.05, 0.1) is 0 Å². The number of hydrogen-bond acceptors (Lipinski definition) is 4. The fourth-order valence-corrected chi connectivity index (χ4v) is 2.34. The summed E-state index contributed by atoms with van der Waals surface area (Å²) in [6.07, 6.45) is 0. The summed E-state index contributed by atoms with van der Waals surface area (Å²) in [6, 6.07) is 7.39. The molecule has 1 atom stereocenters. The molecule has 0 fully saturated rings. The Hall–Kier alpha value is -2.08. The average molecular weight is 292 g/mol. The van der Waals surface area contributed by atoms with E-state index >= 15 is 0 Å². The summed E-state index contributed by atoms with van der Waals surface area (Å²) in [4.78, 5) is 26.9. The number of carbonyl (C=O) groups excluding carboxylic acids is 1. The van der Waals surface area contributed by atoms with Gasteiger partial charge < -0.3 is 19.6 Å². The standard InChI is InChI=1S/C15H20N2O4/c1-16(2)7-8-17(9-14(18)19)15(20)12-10-21-13-6-4-3-5-11(12)13/h3-6,12H,7-10H2,1-2H3,(H,18,19)/t12-/m0/s1. The number of carboxylic acid groups (broad SMARTS) is 1. The van der Waals surface area contributed by atoms with Crippen LogP contribution in [0.2, 0.25) is 0 Å². The summed E-state index contributed by atoms with van der Waals surface area (Å²) in [5, 5.41) is 9.00. The largest absolute Gasteiger partial charge is 0.492 e. The molecule has 1 N–H and O–H groups in total. The molecule has 6 heteroatoms. The first-order chi connectivity index (χ1) is 9.99. The first kappa shape index (κ1) is 15.3. The SMILES string of the molecule is CN(C)CCN(CC(=O)O)C(=O)[C@H]1COc2ccccc21. The third kappa shape index (κ3) is 3.72. The van der Waals surface area contributed by atoms with Gasteiger partial charge in [-0.15, -0.1) is 0 Å². The first-order valence-electron chi connectivity index (χ1n) is 6.86. The molecule has 0 bridgehead atoms. The predicted molar refractivity (Wildman–Crippen MR) is 77.4 cm³/mol. The minimum absolute atomic E-state index is 0.191. The molecular formula is C15H20N2O4. The third-order valence-corrected chi connectivity index (χ3v) is 3.45. The number of ether oxygens (including phenoxy) is 1. The van der Waals surface area contributed by atoms with Gasteiger partial charge in [0.25, 0.3) is 0 Å². The lowest BCUT2D eigenvalue weighted by molar-refractivity contribution is -0.145. The van der Waals surface area contributed by atoms with Crippen LogP contribution in [-0.2, 0) is 9.59 Å². The van der Waals surface area contributed by atoms with Gasteiger partial charge in [-0.2, -0.15) is 0 Å². The number of fused-ring (bicyclic) bond motifs is 1. The zero-order valence-corrected chi connectivity index (χ0v) is 12.3. The topological polar surface area (TPSA) is 70.1 Å². The number of likely N-dealkylation sites (N-methyl/N-ethyl adjacent to an activating group) is 1. The molecule has 1 heterocycles. The lowest BCUT2D eigenvalue weighted by atomic mass is 10.00. The Balaban J connectivity index is 2.13. The second-order valence-corrected chi connectivity index (χ2v) is 5.36. The van der Waals surface area contributed by atoms with Gasteiger partial charge >= 0.3 is 5.97 Å². The van der Waals surface area contributed by atoms with Crippen LogP contribution in [-0.4, -0.2) is 67.1 Å². The number of rotatable bonds is 6. The maximum Gasteiger partial charge on any atom is 0.323 e. The molecule has 0 spiro atoms. The highest BCUT2D eigenvalue weighted by Gasteiger charge is 2.33. The normalized spacial score (nSPS) is 16.4. The van der Waals surface area contributed by atoms with Crippen molar-refractivity contribution in [2.45, 2.75) is 5.92 Å². The van der Waals surface area contributed by atoms with Crippen molar-refractivity contribution in [1.29, 1.82) is 0 Å². The predicted octanol–water partition coefficient (Wildman–Crippen LogP) is 0.637. The molecule has 1 aromatic rings. The molecule has 0 saturated carbocycles. The Bertz CT molecular complexity index is 530. The van der Waals surface area contributed by atoms with Gasteiger partial charge in [0.2, 0.25) is 5.91 Å². The Morgan fingerprint density at radius 2 is 2.00 bits per heavy atom. The minimum atomic E-state index is -1.01. The van der Waals surface area contributed by atoms with Crippen molar-refractivity contribution < 1.29 is 19.4 Å². The van der Waals surface area contributed by atoms with Gasteiger partial charge in [-0.05, 0) is 20.2 Å². The second kappa shape index (κ2) is 6.58. The molecule has 6 nitrogen and oxygen atoms in total. The minimum Gasteiger partial charge on any atom is -0.492 e. The smallest absolute Gasteiger partial charge is 0.323 e. The van der Waals surface area contributed by atoms with Crippen LogP contribution in [0.1, 0.15) is 11.5 Å². The van der Waals surface area contributed by atoms with E-state index in [0.29, 0.717) is 18.8 Å². The maximum atomic E-state index is 12.6. The van der Waals surface area contributed by atoms with E-state index in [-0.39, 0.29) is 19.1 Å². The van der Waals surface area contributed by atoms with Crippen LogP contribution >= 0.6 is 0 Å². The molecule has 0 aliphatic carbocycles. The van der Waals surface area contributed by atoms with Crippen LogP contribution in [0.15, 0.2) is 24.3 Å². The number of para-hydroxylation sites is 1. The molecule has 0 unspecified atom stereocenters. The Kier molecular flexibility index (Phi) is 4.80. The number of carboxylic acids is 1. The van der Waals surface area contributed by atoms with E-state index in [2.05, 4.69) is 0 Å². The molecule has 1 aliphatic rings. The monoisotopic (exact) mass is 292 g/mol. The second-order valence-electron chi connectivity index (χ2n) is 5.36. The van der Waals surface area contributed by atoms with Crippen LogP contribution in [0.4, 0.5) is 0 Å². The Morgan fingerprint density at radius 1 is 1.29 bits per heavy atom. The van der Waals surface area contributed by atoms with Gasteiger partial charge in [-0.1, -0.05) is 18.2 Å². The summed E-state index contributed by atoms with van der Waals surface area (Å²) >= 11 is 0. The average Bonchev–Trinajstić information content (AvgIpc) is 2.86. The summed E-state index contributed by atoms with van der Waals surface area (Å²) in [5.41, 5.74) is 0.836. The van der Waals surface area contributed by atoms with Crippen molar-refractivity contribution in [2.75, 3.05) is 40.3 Å². The van der Waals surface area contributed by atoms with Crippen molar-refractivity contribution in [2.24, 2.45) is 0 Å². The highest BCUT2D eigenvalue weighted by atomic mass is 16.5. The van der Waals surface area contributed by atoms with E-state index in [4.69, 9.17) is 9.84 Å². The number of benzene rings is 1. The Morgan fingerprint density at radius 3 is 2.67 bits per heavy atom. The van der Waals surface area contributed by atoms with E-state index in [1.54, 1.807) is 0 Å². The zero-order valence-electron chi connectivity index (χ0n) is 12.3. The molecule has 0 radical (unpaired) electrons. The third-order valence-electron chi connectivity index (χ3n) is 3.45. The highest BCUT2D eigenvalue weighted by molar-refractivity contribution is 5.88. The molecule has 2 rings (SSSR count). The zero-order chi connectivity index (χ0) is 15.4. The fraction of sp³-hybridized carbons (Fsp3) is 0.467. The van der Waals surface area contributed by atoms with Gasteiger partial charge in [-0.3, -0.25) is 9.59 Å². The van der Waals surface area contributed by atoms with Gasteiger partial charge in [0.15, 0.2) is 0 Å². The summed E-state index contributed by atoms with van der Waals surface area (Å²) < 4.78 is 5.51. The maximum absolute atomic E-state index is 12.6. The van der Waals surface area contributed by atoms with Crippen LogP contribution in [0.25, 0.3) is 0 Å². The molecule has 1 aromatic carbocycles. The summed E-state index contributed by atoms with van der Waals surface area (Å²) in [5.74, 6) is -0.903. The molecule has 1 amide bonds. The van der Waals surface area contributed by atoms with Crippen molar-refractivity contribution >= 4 is 11.9 Å². The lowest BCUT2D eigenvalue weighted by Gasteiger charge is -2.25. The van der Waals surface area contributed by atoms with E-state index in [0.717, 1.165) is 5.56 Å². The first-order valence-corrected chi connectivity index (χ1v) is 6.86. The number of carbonyl (C=O) groups is 2. The molecular weight excluding hydrogens is 272 g/mol. The molecule has 0 saturated heterocycles. The van der Waals surface area contributed by atoms with E-state index in [1.165, 1.54) is 4.90 Å². The summed E-state index contributed by atoms with van der Waals surface area (Å²) in [7, 11) is 3.77. The van der Waals surface area contributed by atoms with Crippen LogP contribution in [0.3, 0.4) is 0 Å². The van der Waals surface area contributed by atoms with Crippen molar-refractivity contribution in [3.8, 4) is 5.75 Å². The summed E-state index contributed by atoms with van der Waals surface area (Å²) in [6.45, 7) is 0.993. The number of amides is 1. The van der Waals surface area contributed by atoms with E-state index in [9.17, 15) is 9.59 Å². The number of aliphatic carboxylic acids is 1. The van der Waals surface area contributed by atoms with E-state index < -0.39 is 11.9 Å². The van der Waals surface area contributed by atoms with E-state index in [1.807, 2.05) is 43.3 Å². The molecule has 21 heavy (non-hydrogen) atoms. The van der Waals surface area contributed by atoms with Crippen molar-refractivity contribution in [1.82, 2.24) is 9.80 Å². The van der Waals surface area contributed by atoms with Crippen LogP contribution in [0.5, 0.6) is 5.75 Å². The number of hydrogen-bond donors (Lipinski definition) is 1. The fourth-order valence-electron chi connectivity index (χ4n) is 2.34. The molecule has 0 aromatic heterocycles. The number of nitrogens with zero attached hydrogens (tertiary/aromatic N) is 2. The quantitative estimate of drug-likeness (QED) is 0.833. The lowest BCUT2D eigenvalue weighted by Crippen LogP contribution is -2.42. The van der Waals surface area contributed by atoms with Gasteiger partial charge in [0.1, 0.15) is 24.8 Å². The van der Waals surface area contributed by atoms with Gasteiger partial charge in [0, 0.05) is 18.7 Å². The van der Waals surface area contributed by atoms with Crippen molar-refractivity contribution in [3.63, 3.8) is 0 Å². The van der Waals surface area contributed by atoms with Crippen LogP contribution in [0, 0.1) is 0 Å². The van der Waals surface area contributed by atoms with Gasteiger partial charge in [-0.25, -0.2) is 0 Å². The van der Waals surface area contributed by atoms with Crippen molar-refractivity contribution in [3.05, 3.63) is 29.8 Å².